The molecule has 1 fully saturated rings. The van der Waals surface area contributed by atoms with Crippen LogP contribution in [0.1, 0.15) is 26.2 Å². The van der Waals surface area contributed by atoms with E-state index < -0.39 is 44.1 Å². The Kier molecular flexibility index (Phi) is 5.73. The average molecular weight is 345 g/mol. The van der Waals surface area contributed by atoms with Crippen molar-refractivity contribution in [3.63, 3.8) is 0 Å². The van der Waals surface area contributed by atoms with Crippen LogP contribution >= 0.6 is 11.8 Å². The van der Waals surface area contributed by atoms with Gasteiger partial charge in [0.1, 0.15) is 5.78 Å². The van der Waals surface area contributed by atoms with Gasteiger partial charge in [-0.05, 0) is 12.3 Å². The molecule has 1 saturated heterocycles. The fourth-order valence-corrected chi connectivity index (χ4v) is 4.32. The smallest absolute Gasteiger partial charge is 0.358 e. The maximum atomic E-state index is 13.5. The summed E-state index contributed by atoms with van der Waals surface area (Å²) >= 11 is 0.964. The zero-order valence-electron chi connectivity index (χ0n) is 11.5. The number of Topliss-reactive ketones (excluding diaryl/α,β-unsaturated/α-hetero) is 1. The summed E-state index contributed by atoms with van der Waals surface area (Å²) in [6, 6.07) is 0. The summed E-state index contributed by atoms with van der Waals surface area (Å²) in [5.74, 6) is -1.72. The summed E-state index contributed by atoms with van der Waals surface area (Å²) in [6.07, 6.45) is -0.996. The molecule has 3 unspecified atom stereocenters. The lowest BCUT2D eigenvalue weighted by molar-refractivity contribution is -0.121. The molecule has 21 heavy (non-hydrogen) atoms. The van der Waals surface area contributed by atoms with E-state index in [-0.39, 0.29) is 18.6 Å². The molecule has 122 valence electrons. The Hall–Kier alpha value is -0.740. The second kappa shape index (κ2) is 6.57. The van der Waals surface area contributed by atoms with Crippen LogP contribution in [-0.4, -0.2) is 47.5 Å². The predicted octanol–water partition coefficient (Wildman–Crippen LogP) is 1.07. The van der Waals surface area contributed by atoms with Crippen LogP contribution < -0.4 is 5.32 Å². The summed E-state index contributed by atoms with van der Waals surface area (Å²) in [7, 11) is -4.22. The summed E-state index contributed by atoms with van der Waals surface area (Å²) in [5, 5.41) is -3.58. The first kappa shape index (κ1) is 18.3. The highest BCUT2D eigenvalue weighted by Gasteiger charge is 2.51. The number of nitrogens with one attached hydrogen (secondary N) is 1. The van der Waals surface area contributed by atoms with Crippen molar-refractivity contribution in [2.75, 3.05) is 7.05 Å². The summed E-state index contributed by atoms with van der Waals surface area (Å²) in [4.78, 5) is 23.4. The van der Waals surface area contributed by atoms with Crippen molar-refractivity contribution >= 4 is 33.6 Å². The molecule has 6 nitrogen and oxygen atoms in total. The number of alkyl halides is 2. The van der Waals surface area contributed by atoms with Crippen molar-refractivity contribution < 1.29 is 31.3 Å². The fourth-order valence-electron chi connectivity index (χ4n) is 2.20. The maximum absolute atomic E-state index is 13.5. The van der Waals surface area contributed by atoms with Crippen LogP contribution in [-0.2, 0) is 19.7 Å². The van der Waals surface area contributed by atoms with E-state index in [2.05, 4.69) is 5.32 Å². The lowest BCUT2D eigenvalue weighted by atomic mass is 9.94. The standard InChI is InChI=1S/C11H17F2NO5S2/c1-3-7(15)8-4-6(9(20-8)10(16)14-2)5-11(12,13)21(17,18)19/h6,8-9H,3-5H2,1-2H3,(H,14,16)(H,17,18,19). The van der Waals surface area contributed by atoms with E-state index in [4.69, 9.17) is 4.55 Å². The van der Waals surface area contributed by atoms with Gasteiger partial charge in [0.15, 0.2) is 0 Å². The lowest BCUT2D eigenvalue weighted by Crippen LogP contribution is -2.38. The highest BCUT2D eigenvalue weighted by Crippen LogP contribution is 2.45. The fraction of sp³-hybridized carbons (Fsp3) is 0.818. The highest BCUT2D eigenvalue weighted by atomic mass is 32.2. The third kappa shape index (κ3) is 4.13. The minimum Gasteiger partial charge on any atom is -0.358 e. The number of carbonyl (C=O) groups excluding carboxylic acids is 2. The normalized spacial score (nSPS) is 26.6. The number of rotatable bonds is 6. The third-order valence-corrected chi connectivity index (χ3v) is 5.94. The predicted molar refractivity (Wildman–Crippen MR) is 73.8 cm³/mol. The maximum Gasteiger partial charge on any atom is 0.370 e. The van der Waals surface area contributed by atoms with Crippen molar-refractivity contribution in [2.24, 2.45) is 5.92 Å². The van der Waals surface area contributed by atoms with Crippen molar-refractivity contribution in [1.29, 1.82) is 0 Å². The number of thioether (sulfide) groups is 1. The molecule has 0 aromatic heterocycles. The molecular formula is C11H17F2NO5S2. The van der Waals surface area contributed by atoms with Crippen LogP contribution in [0.25, 0.3) is 0 Å². The zero-order chi connectivity index (χ0) is 16.4. The molecule has 10 heteroatoms. The van der Waals surface area contributed by atoms with Crippen LogP contribution in [0, 0.1) is 5.92 Å². The SMILES string of the molecule is CCC(=O)C1CC(CC(F)(F)S(=O)(=O)O)C(C(=O)NC)S1. The van der Waals surface area contributed by atoms with E-state index >= 15 is 0 Å². The van der Waals surface area contributed by atoms with Gasteiger partial charge in [0.05, 0.1) is 10.5 Å². The first-order chi connectivity index (χ1) is 9.53. The van der Waals surface area contributed by atoms with Crippen LogP contribution in [0.5, 0.6) is 0 Å². The molecule has 0 spiro atoms. The molecule has 1 aliphatic rings. The van der Waals surface area contributed by atoms with Gasteiger partial charge in [-0.25, -0.2) is 0 Å². The van der Waals surface area contributed by atoms with E-state index in [1.54, 1.807) is 6.92 Å². The summed E-state index contributed by atoms with van der Waals surface area (Å²) in [6.45, 7) is 1.62. The van der Waals surface area contributed by atoms with E-state index in [0.29, 0.717) is 0 Å². The summed E-state index contributed by atoms with van der Waals surface area (Å²) < 4.78 is 56.9. The molecule has 1 amide bonds. The zero-order valence-corrected chi connectivity index (χ0v) is 13.1. The molecule has 0 bridgehead atoms. The van der Waals surface area contributed by atoms with Crippen LogP contribution in [0.15, 0.2) is 0 Å². The van der Waals surface area contributed by atoms with Gasteiger partial charge >= 0.3 is 15.4 Å². The lowest BCUT2D eigenvalue weighted by Gasteiger charge is -2.21. The van der Waals surface area contributed by atoms with Crippen LogP contribution in [0.2, 0.25) is 0 Å². The van der Waals surface area contributed by atoms with Gasteiger partial charge in [0, 0.05) is 19.9 Å². The topological polar surface area (TPSA) is 101 Å². The number of halogens is 2. The molecule has 0 aliphatic carbocycles. The van der Waals surface area contributed by atoms with Gasteiger partial charge in [-0.1, -0.05) is 6.92 Å². The molecule has 3 atom stereocenters. The van der Waals surface area contributed by atoms with E-state index in [0.717, 1.165) is 11.8 Å². The van der Waals surface area contributed by atoms with Gasteiger partial charge in [0.25, 0.3) is 0 Å². The van der Waals surface area contributed by atoms with Gasteiger partial charge in [-0.15, -0.1) is 11.8 Å². The van der Waals surface area contributed by atoms with Crippen molar-refractivity contribution in [1.82, 2.24) is 5.32 Å². The minimum atomic E-state index is -5.55. The quantitative estimate of drug-likeness (QED) is 0.699. The third-order valence-electron chi connectivity index (χ3n) is 3.35. The Morgan fingerprint density at radius 2 is 2.00 bits per heavy atom. The van der Waals surface area contributed by atoms with Crippen molar-refractivity contribution in [2.45, 2.75) is 41.9 Å². The first-order valence-corrected chi connectivity index (χ1v) is 8.66. The number of carbonyl (C=O) groups is 2. The number of amides is 1. The first-order valence-electron chi connectivity index (χ1n) is 6.28. The Balaban J connectivity index is 2.96. The second-order valence-electron chi connectivity index (χ2n) is 4.79. The Bertz CT molecular complexity index is 523. The van der Waals surface area contributed by atoms with E-state index in [1.807, 2.05) is 0 Å². The van der Waals surface area contributed by atoms with Crippen molar-refractivity contribution in [3.8, 4) is 0 Å². The van der Waals surface area contributed by atoms with Gasteiger partial charge in [0.2, 0.25) is 5.91 Å². The number of ketones is 1. The Labute approximate surface area is 125 Å². The van der Waals surface area contributed by atoms with Gasteiger partial charge in [-0.3, -0.25) is 14.1 Å². The molecule has 0 saturated carbocycles. The van der Waals surface area contributed by atoms with Crippen LogP contribution in [0.4, 0.5) is 8.78 Å². The van der Waals surface area contributed by atoms with Gasteiger partial charge < -0.3 is 5.32 Å². The second-order valence-corrected chi connectivity index (χ2v) is 7.69. The molecule has 1 aliphatic heterocycles. The van der Waals surface area contributed by atoms with Crippen LogP contribution in [0.3, 0.4) is 0 Å². The Morgan fingerprint density at radius 3 is 2.43 bits per heavy atom. The number of hydrogen-bond acceptors (Lipinski definition) is 5. The largest absolute Gasteiger partial charge is 0.370 e. The highest BCUT2D eigenvalue weighted by molar-refractivity contribution is 8.02. The minimum absolute atomic E-state index is 0.0134. The van der Waals surface area contributed by atoms with E-state index in [9.17, 15) is 26.8 Å². The monoisotopic (exact) mass is 345 g/mol. The molecule has 1 rings (SSSR count). The molecule has 0 aromatic carbocycles. The molecular weight excluding hydrogens is 328 g/mol. The van der Waals surface area contributed by atoms with E-state index in [1.165, 1.54) is 7.05 Å². The number of hydrogen-bond donors (Lipinski definition) is 2. The van der Waals surface area contributed by atoms with Crippen molar-refractivity contribution in [3.05, 3.63) is 0 Å². The molecule has 1 heterocycles. The molecule has 0 radical (unpaired) electrons. The van der Waals surface area contributed by atoms with Gasteiger partial charge in [-0.2, -0.15) is 17.2 Å². The molecule has 2 N–H and O–H groups in total. The summed E-state index contributed by atoms with van der Waals surface area (Å²) in [5.41, 5.74) is 0. The average Bonchev–Trinajstić information content (AvgIpc) is 2.78. The Morgan fingerprint density at radius 1 is 1.43 bits per heavy atom. The molecule has 0 aromatic rings.